The Labute approximate surface area is 235 Å². The number of nitrogens with zero attached hydrogens (tertiary/aromatic N) is 1. The minimum atomic E-state index is -0.879. The number of anilines is 2. The predicted octanol–water partition coefficient (Wildman–Crippen LogP) is 4.66. The molecule has 0 aromatic heterocycles. The quantitative estimate of drug-likeness (QED) is 0.302. The van der Waals surface area contributed by atoms with Gasteiger partial charge in [0.15, 0.2) is 18.1 Å². The van der Waals surface area contributed by atoms with Gasteiger partial charge in [0, 0.05) is 5.69 Å². The lowest BCUT2D eigenvalue weighted by Gasteiger charge is -2.26. The standard InChI is InChI=1S/C29H26ClN3O7/c1-16-5-6-19(11-17(16)2)31-25(34)15-40-26-23(30)13-18(14-24(26)39-4)12-22-27(35)32-29(37)33(28(22)36)20-7-9-21(38-3)10-8-20/h5-14H,15H2,1-4H3,(H,31,34)(H,32,35,37)/b22-12+. The summed E-state index contributed by atoms with van der Waals surface area (Å²) in [6, 6.07) is 13.8. The van der Waals surface area contributed by atoms with Gasteiger partial charge in [-0.15, -0.1) is 0 Å². The van der Waals surface area contributed by atoms with Crippen LogP contribution in [0.5, 0.6) is 17.2 Å². The first-order valence-corrected chi connectivity index (χ1v) is 12.4. The van der Waals surface area contributed by atoms with Gasteiger partial charge in [-0.05, 0) is 85.1 Å². The van der Waals surface area contributed by atoms with Crippen molar-refractivity contribution in [2.45, 2.75) is 13.8 Å². The van der Waals surface area contributed by atoms with Crippen LogP contribution in [0.15, 0.2) is 60.2 Å². The van der Waals surface area contributed by atoms with Gasteiger partial charge in [0.2, 0.25) is 0 Å². The van der Waals surface area contributed by atoms with E-state index in [0.717, 1.165) is 16.0 Å². The monoisotopic (exact) mass is 563 g/mol. The van der Waals surface area contributed by atoms with Crippen molar-refractivity contribution >= 4 is 52.8 Å². The first-order chi connectivity index (χ1) is 19.1. The van der Waals surface area contributed by atoms with Gasteiger partial charge < -0.3 is 19.5 Å². The number of hydrogen-bond donors (Lipinski definition) is 2. The normalized spacial score (nSPS) is 14.2. The Morgan fingerprint density at radius 3 is 2.35 bits per heavy atom. The van der Waals surface area contributed by atoms with Crippen molar-refractivity contribution < 1.29 is 33.4 Å². The van der Waals surface area contributed by atoms with Crippen LogP contribution in [0, 0.1) is 13.8 Å². The molecule has 1 saturated heterocycles. The van der Waals surface area contributed by atoms with Gasteiger partial charge in [0.05, 0.1) is 24.9 Å². The third kappa shape index (κ3) is 6.08. The fourth-order valence-electron chi connectivity index (χ4n) is 3.91. The third-order valence-corrected chi connectivity index (χ3v) is 6.41. The number of aryl methyl sites for hydroxylation is 2. The Bertz CT molecular complexity index is 1530. The molecular weight excluding hydrogens is 538 g/mol. The van der Waals surface area contributed by atoms with E-state index in [4.69, 9.17) is 25.8 Å². The molecule has 2 N–H and O–H groups in total. The Kier molecular flexibility index (Phi) is 8.40. The number of rotatable bonds is 8. The van der Waals surface area contributed by atoms with Gasteiger partial charge in [-0.3, -0.25) is 19.7 Å². The Hall–Kier alpha value is -4.83. The van der Waals surface area contributed by atoms with Crippen molar-refractivity contribution in [3.8, 4) is 17.2 Å². The van der Waals surface area contributed by atoms with E-state index in [1.165, 1.54) is 44.6 Å². The van der Waals surface area contributed by atoms with E-state index < -0.39 is 23.8 Å². The maximum atomic E-state index is 13.2. The summed E-state index contributed by atoms with van der Waals surface area (Å²) in [5.41, 5.74) is 3.06. The van der Waals surface area contributed by atoms with E-state index in [1.54, 1.807) is 18.2 Å². The number of nitrogens with one attached hydrogen (secondary N) is 2. The largest absolute Gasteiger partial charge is 0.497 e. The van der Waals surface area contributed by atoms with E-state index >= 15 is 0 Å². The minimum absolute atomic E-state index is 0.0805. The summed E-state index contributed by atoms with van der Waals surface area (Å²) in [5, 5.41) is 5.01. The summed E-state index contributed by atoms with van der Waals surface area (Å²) in [6.07, 6.45) is 1.28. The van der Waals surface area contributed by atoms with E-state index in [0.29, 0.717) is 17.0 Å². The van der Waals surface area contributed by atoms with Crippen LogP contribution < -0.4 is 29.7 Å². The summed E-state index contributed by atoms with van der Waals surface area (Å²) < 4.78 is 16.1. The molecule has 1 heterocycles. The molecule has 1 aliphatic heterocycles. The average molecular weight is 564 g/mol. The van der Waals surface area contributed by atoms with Crippen molar-refractivity contribution in [3.05, 3.63) is 81.9 Å². The van der Waals surface area contributed by atoms with Crippen LogP contribution in [0.4, 0.5) is 16.2 Å². The van der Waals surface area contributed by atoms with E-state index in [9.17, 15) is 19.2 Å². The number of halogens is 1. The predicted molar refractivity (Wildman–Crippen MR) is 150 cm³/mol. The van der Waals surface area contributed by atoms with Crippen LogP contribution in [-0.4, -0.2) is 44.6 Å². The van der Waals surface area contributed by atoms with E-state index in [1.807, 2.05) is 26.0 Å². The highest BCUT2D eigenvalue weighted by atomic mass is 35.5. The smallest absolute Gasteiger partial charge is 0.335 e. The third-order valence-electron chi connectivity index (χ3n) is 6.13. The SMILES string of the molecule is COc1ccc(N2C(=O)NC(=O)/C(=C\c3cc(Cl)c(OCC(=O)Nc4ccc(C)c(C)c4)c(OC)c3)C2=O)cc1. The minimum Gasteiger partial charge on any atom is -0.497 e. The molecule has 1 aliphatic rings. The topological polar surface area (TPSA) is 123 Å². The molecular formula is C29H26ClN3O7. The van der Waals surface area contributed by atoms with Gasteiger partial charge in [0.25, 0.3) is 17.7 Å². The maximum absolute atomic E-state index is 13.2. The van der Waals surface area contributed by atoms with Gasteiger partial charge in [-0.1, -0.05) is 17.7 Å². The lowest BCUT2D eigenvalue weighted by atomic mass is 10.1. The second-order valence-corrected chi connectivity index (χ2v) is 9.23. The van der Waals surface area contributed by atoms with Crippen molar-refractivity contribution in [2.75, 3.05) is 31.0 Å². The highest BCUT2D eigenvalue weighted by Gasteiger charge is 2.37. The first-order valence-electron chi connectivity index (χ1n) is 12.0. The van der Waals surface area contributed by atoms with Crippen molar-refractivity contribution in [1.29, 1.82) is 0 Å². The summed E-state index contributed by atoms with van der Waals surface area (Å²) in [6.45, 7) is 3.58. The van der Waals surface area contributed by atoms with E-state index in [-0.39, 0.29) is 34.4 Å². The zero-order valence-electron chi connectivity index (χ0n) is 22.2. The molecule has 0 bridgehead atoms. The molecule has 1 fully saturated rings. The number of benzene rings is 3. The van der Waals surface area contributed by atoms with Crippen LogP contribution in [0.1, 0.15) is 16.7 Å². The summed E-state index contributed by atoms with van der Waals surface area (Å²) >= 11 is 6.43. The fourth-order valence-corrected chi connectivity index (χ4v) is 4.18. The molecule has 206 valence electrons. The molecule has 0 unspecified atom stereocenters. The number of methoxy groups -OCH3 is 2. The summed E-state index contributed by atoms with van der Waals surface area (Å²) in [5.74, 6) is -1.27. The number of imide groups is 2. The van der Waals surface area contributed by atoms with Crippen molar-refractivity contribution in [3.63, 3.8) is 0 Å². The molecule has 10 nitrogen and oxygen atoms in total. The van der Waals surface area contributed by atoms with Gasteiger partial charge >= 0.3 is 6.03 Å². The van der Waals surface area contributed by atoms with Gasteiger partial charge in [-0.2, -0.15) is 0 Å². The van der Waals surface area contributed by atoms with Crippen molar-refractivity contribution in [1.82, 2.24) is 5.32 Å². The number of carbonyl (C=O) groups is 4. The molecule has 40 heavy (non-hydrogen) atoms. The van der Waals surface area contributed by atoms with Crippen LogP contribution >= 0.6 is 11.6 Å². The molecule has 0 spiro atoms. The zero-order chi connectivity index (χ0) is 29.0. The number of carbonyl (C=O) groups excluding carboxylic acids is 4. The molecule has 0 radical (unpaired) electrons. The Morgan fingerprint density at radius 1 is 0.975 bits per heavy atom. The molecule has 11 heteroatoms. The second kappa shape index (κ2) is 11.9. The van der Waals surface area contributed by atoms with Gasteiger partial charge in [-0.25, -0.2) is 9.69 Å². The number of ether oxygens (including phenoxy) is 3. The van der Waals surface area contributed by atoms with Crippen LogP contribution in [0.2, 0.25) is 5.02 Å². The summed E-state index contributed by atoms with van der Waals surface area (Å²) in [4.78, 5) is 51.5. The highest BCUT2D eigenvalue weighted by Crippen LogP contribution is 2.37. The van der Waals surface area contributed by atoms with E-state index in [2.05, 4.69) is 10.6 Å². The van der Waals surface area contributed by atoms with Crippen LogP contribution in [0.3, 0.4) is 0 Å². The van der Waals surface area contributed by atoms with Crippen LogP contribution in [0.25, 0.3) is 6.08 Å². The first kappa shape index (κ1) is 28.2. The fraction of sp³-hybridized carbons (Fsp3) is 0.172. The molecule has 4 rings (SSSR count). The number of hydrogen-bond acceptors (Lipinski definition) is 7. The van der Waals surface area contributed by atoms with Crippen LogP contribution in [-0.2, 0) is 14.4 Å². The molecule has 0 atom stereocenters. The molecule has 0 aliphatic carbocycles. The lowest BCUT2D eigenvalue weighted by molar-refractivity contribution is -0.122. The Balaban J connectivity index is 1.54. The maximum Gasteiger partial charge on any atom is 0.335 e. The van der Waals surface area contributed by atoms with Gasteiger partial charge in [0.1, 0.15) is 11.3 Å². The Morgan fingerprint density at radius 2 is 1.70 bits per heavy atom. The molecule has 5 amide bonds. The molecule has 3 aromatic carbocycles. The summed E-state index contributed by atoms with van der Waals surface area (Å²) in [7, 11) is 2.87. The highest BCUT2D eigenvalue weighted by molar-refractivity contribution is 6.39. The number of barbiturate groups is 1. The molecule has 0 saturated carbocycles. The average Bonchev–Trinajstić information content (AvgIpc) is 2.92. The zero-order valence-corrected chi connectivity index (χ0v) is 22.9. The number of urea groups is 1. The number of amides is 5. The molecule has 3 aromatic rings. The lowest BCUT2D eigenvalue weighted by Crippen LogP contribution is -2.54. The van der Waals surface area contributed by atoms with Crippen molar-refractivity contribution in [2.24, 2.45) is 0 Å². The second-order valence-electron chi connectivity index (χ2n) is 8.83.